The van der Waals surface area contributed by atoms with Gasteiger partial charge in [-0.15, -0.1) is 0 Å². The van der Waals surface area contributed by atoms with Crippen molar-refractivity contribution >= 4 is 11.6 Å². The van der Waals surface area contributed by atoms with Crippen LogP contribution in [-0.2, 0) is 9.53 Å². The Labute approximate surface area is 121 Å². The van der Waals surface area contributed by atoms with Gasteiger partial charge in [0.1, 0.15) is 0 Å². The van der Waals surface area contributed by atoms with Crippen LogP contribution < -0.4 is 5.32 Å². The number of para-hydroxylation sites is 1. The molecule has 2 rings (SSSR count). The van der Waals surface area contributed by atoms with Crippen LogP contribution in [0.15, 0.2) is 18.2 Å². The van der Waals surface area contributed by atoms with Crippen LogP contribution in [0.4, 0.5) is 5.69 Å². The molecular formula is C16H24N2O2. The van der Waals surface area contributed by atoms with Gasteiger partial charge in [0.15, 0.2) is 0 Å². The molecule has 0 spiro atoms. The van der Waals surface area contributed by atoms with Crippen LogP contribution in [0, 0.1) is 13.8 Å². The molecule has 0 bridgehead atoms. The molecule has 1 saturated heterocycles. The maximum atomic E-state index is 12.2. The lowest BCUT2D eigenvalue weighted by Crippen LogP contribution is -2.50. The van der Waals surface area contributed by atoms with Gasteiger partial charge in [-0.25, -0.2) is 0 Å². The monoisotopic (exact) mass is 276 g/mol. The summed E-state index contributed by atoms with van der Waals surface area (Å²) in [5.74, 6) is 0.0418. The van der Waals surface area contributed by atoms with Crippen LogP contribution in [0.25, 0.3) is 0 Å². The first-order chi connectivity index (χ1) is 9.37. The standard InChI is InChI=1S/C16H24N2O2/c1-12-6-5-7-13(2)15(12)17-14(19)10-18-8-9-20-16(3,4)11-18/h5-7H,8-11H2,1-4H3,(H,17,19). The van der Waals surface area contributed by atoms with E-state index in [0.717, 1.165) is 29.9 Å². The molecule has 1 aromatic rings. The molecule has 0 aromatic heterocycles. The third-order valence-electron chi connectivity index (χ3n) is 3.62. The predicted molar refractivity (Wildman–Crippen MR) is 81.0 cm³/mol. The van der Waals surface area contributed by atoms with Crippen LogP contribution in [-0.4, -0.2) is 42.6 Å². The maximum absolute atomic E-state index is 12.2. The Morgan fingerprint density at radius 3 is 2.60 bits per heavy atom. The molecule has 1 fully saturated rings. The fourth-order valence-electron chi connectivity index (χ4n) is 2.64. The van der Waals surface area contributed by atoms with Gasteiger partial charge in [0, 0.05) is 18.8 Å². The molecule has 0 unspecified atom stereocenters. The second-order valence-corrected chi connectivity index (χ2v) is 6.13. The Balaban J connectivity index is 1.96. The first-order valence-electron chi connectivity index (χ1n) is 7.10. The number of hydrogen-bond donors (Lipinski definition) is 1. The molecule has 110 valence electrons. The van der Waals surface area contributed by atoms with E-state index in [2.05, 4.69) is 24.1 Å². The Hall–Kier alpha value is -1.39. The topological polar surface area (TPSA) is 41.6 Å². The Morgan fingerprint density at radius 2 is 2.00 bits per heavy atom. The quantitative estimate of drug-likeness (QED) is 0.921. The van der Waals surface area contributed by atoms with E-state index in [0.29, 0.717) is 13.2 Å². The highest BCUT2D eigenvalue weighted by atomic mass is 16.5. The summed E-state index contributed by atoms with van der Waals surface area (Å²) in [6.07, 6.45) is 0. The zero-order valence-electron chi connectivity index (χ0n) is 12.8. The normalized spacial score (nSPS) is 18.8. The van der Waals surface area contributed by atoms with Gasteiger partial charge >= 0.3 is 0 Å². The fourth-order valence-corrected chi connectivity index (χ4v) is 2.64. The van der Waals surface area contributed by atoms with Gasteiger partial charge in [-0.3, -0.25) is 9.69 Å². The van der Waals surface area contributed by atoms with Crippen molar-refractivity contribution in [3.63, 3.8) is 0 Å². The summed E-state index contributed by atoms with van der Waals surface area (Å²) >= 11 is 0. The van der Waals surface area contributed by atoms with Crippen LogP contribution in [0.3, 0.4) is 0 Å². The summed E-state index contributed by atoms with van der Waals surface area (Å²) < 4.78 is 5.66. The highest BCUT2D eigenvalue weighted by Crippen LogP contribution is 2.20. The van der Waals surface area contributed by atoms with Crippen LogP contribution in [0.5, 0.6) is 0 Å². The van der Waals surface area contributed by atoms with E-state index >= 15 is 0 Å². The molecule has 1 amide bonds. The van der Waals surface area contributed by atoms with Crippen molar-refractivity contribution in [2.24, 2.45) is 0 Å². The number of amides is 1. The summed E-state index contributed by atoms with van der Waals surface area (Å²) in [4.78, 5) is 14.3. The van der Waals surface area contributed by atoms with E-state index in [9.17, 15) is 4.79 Å². The molecule has 1 aliphatic rings. The molecule has 0 aliphatic carbocycles. The summed E-state index contributed by atoms with van der Waals surface area (Å²) in [5.41, 5.74) is 2.96. The van der Waals surface area contributed by atoms with Crippen LogP contribution in [0.2, 0.25) is 0 Å². The number of anilines is 1. The molecule has 1 aliphatic heterocycles. The highest BCUT2D eigenvalue weighted by Gasteiger charge is 2.28. The average molecular weight is 276 g/mol. The van der Waals surface area contributed by atoms with Crippen molar-refractivity contribution < 1.29 is 9.53 Å². The van der Waals surface area contributed by atoms with Gasteiger partial charge in [-0.1, -0.05) is 18.2 Å². The van der Waals surface area contributed by atoms with E-state index < -0.39 is 0 Å². The van der Waals surface area contributed by atoms with E-state index in [4.69, 9.17) is 4.74 Å². The lowest BCUT2D eigenvalue weighted by molar-refractivity contribution is -0.122. The summed E-state index contributed by atoms with van der Waals surface area (Å²) in [7, 11) is 0. The molecule has 0 saturated carbocycles. The minimum absolute atomic E-state index is 0.0418. The largest absolute Gasteiger partial charge is 0.373 e. The van der Waals surface area contributed by atoms with Crippen LogP contribution >= 0.6 is 0 Å². The number of aryl methyl sites for hydroxylation is 2. The van der Waals surface area contributed by atoms with E-state index in [1.165, 1.54) is 0 Å². The lowest BCUT2D eigenvalue weighted by Gasteiger charge is -2.37. The highest BCUT2D eigenvalue weighted by molar-refractivity contribution is 5.93. The second-order valence-electron chi connectivity index (χ2n) is 6.13. The molecule has 4 nitrogen and oxygen atoms in total. The minimum atomic E-state index is -0.170. The predicted octanol–water partition coefficient (Wildman–Crippen LogP) is 2.35. The number of nitrogens with one attached hydrogen (secondary N) is 1. The number of rotatable bonds is 3. The third-order valence-corrected chi connectivity index (χ3v) is 3.62. The van der Waals surface area contributed by atoms with Crippen molar-refractivity contribution in [2.45, 2.75) is 33.3 Å². The smallest absolute Gasteiger partial charge is 0.238 e. The first kappa shape index (κ1) is 15.0. The number of benzene rings is 1. The number of nitrogens with zero attached hydrogens (tertiary/aromatic N) is 1. The van der Waals surface area contributed by atoms with Gasteiger partial charge in [0.05, 0.1) is 18.8 Å². The fraction of sp³-hybridized carbons (Fsp3) is 0.562. The number of carbonyl (C=O) groups is 1. The minimum Gasteiger partial charge on any atom is -0.373 e. The van der Waals surface area contributed by atoms with Gasteiger partial charge in [0.2, 0.25) is 5.91 Å². The van der Waals surface area contributed by atoms with Crippen molar-refractivity contribution in [2.75, 3.05) is 31.6 Å². The Morgan fingerprint density at radius 1 is 1.35 bits per heavy atom. The molecule has 20 heavy (non-hydrogen) atoms. The van der Waals surface area contributed by atoms with Crippen molar-refractivity contribution in [3.8, 4) is 0 Å². The van der Waals surface area contributed by atoms with E-state index in [-0.39, 0.29) is 11.5 Å². The van der Waals surface area contributed by atoms with Gasteiger partial charge < -0.3 is 10.1 Å². The number of morpholine rings is 1. The van der Waals surface area contributed by atoms with Crippen molar-refractivity contribution in [1.82, 2.24) is 4.90 Å². The van der Waals surface area contributed by atoms with E-state index in [1.807, 2.05) is 32.0 Å². The summed E-state index contributed by atoms with van der Waals surface area (Å²) in [5, 5.41) is 3.03. The molecule has 0 atom stereocenters. The second kappa shape index (κ2) is 5.94. The van der Waals surface area contributed by atoms with Gasteiger partial charge in [-0.2, -0.15) is 0 Å². The SMILES string of the molecule is Cc1cccc(C)c1NC(=O)CN1CCOC(C)(C)C1. The molecule has 4 heteroatoms. The first-order valence-corrected chi connectivity index (χ1v) is 7.10. The van der Waals surface area contributed by atoms with Crippen molar-refractivity contribution in [1.29, 1.82) is 0 Å². The molecule has 0 radical (unpaired) electrons. The van der Waals surface area contributed by atoms with Crippen molar-refractivity contribution in [3.05, 3.63) is 29.3 Å². The van der Waals surface area contributed by atoms with Crippen LogP contribution in [0.1, 0.15) is 25.0 Å². The zero-order valence-corrected chi connectivity index (χ0v) is 12.8. The van der Waals surface area contributed by atoms with E-state index in [1.54, 1.807) is 0 Å². The zero-order chi connectivity index (χ0) is 14.8. The number of carbonyl (C=O) groups excluding carboxylic acids is 1. The maximum Gasteiger partial charge on any atom is 0.238 e. The number of ether oxygens (including phenoxy) is 1. The molecular weight excluding hydrogens is 252 g/mol. The summed E-state index contributed by atoms with van der Waals surface area (Å²) in [6.45, 7) is 10.8. The Kier molecular flexibility index (Phi) is 4.45. The van der Waals surface area contributed by atoms with Gasteiger partial charge in [-0.05, 0) is 38.8 Å². The van der Waals surface area contributed by atoms with Gasteiger partial charge in [0.25, 0.3) is 0 Å². The molecule has 1 N–H and O–H groups in total. The third kappa shape index (κ3) is 3.81. The summed E-state index contributed by atoms with van der Waals surface area (Å²) in [6, 6.07) is 6.03. The number of hydrogen-bond acceptors (Lipinski definition) is 3. The lowest BCUT2D eigenvalue weighted by atomic mass is 10.1. The average Bonchev–Trinajstić information content (AvgIpc) is 2.33. The molecule has 1 aromatic carbocycles. The Bertz CT molecular complexity index is 477. The molecule has 1 heterocycles.